The number of rotatable bonds is 5. The molecule has 2 atom stereocenters. The zero-order valence-corrected chi connectivity index (χ0v) is 17.8. The fourth-order valence-corrected chi connectivity index (χ4v) is 4.98. The first kappa shape index (κ1) is 22.6. The van der Waals surface area contributed by atoms with Crippen molar-refractivity contribution in [2.24, 2.45) is 5.92 Å². The standard InChI is InChI=1S/C24H26F4N2O2/c1-14-8-16-9-18(32)2-3-19(16)24(30(14)12-22(27)28)23-20(25)10-17(11-21(23)26)29-6-4-15(13-31)5-7-29/h2-3,9-11,13-15,22,24,32H,4-8,12H2,1H3/t14-,24+/m1/s1. The van der Waals surface area contributed by atoms with Crippen LogP contribution in [0.25, 0.3) is 0 Å². The minimum absolute atomic E-state index is 0.0204. The Balaban J connectivity index is 1.75. The van der Waals surface area contributed by atoms with Crippen LogP contribution in [-0.2, 0) is 11.2 Å². The van der Waals surface area contributed by atoms with Gasteiger partial charge in [0.1, 0.15) is 23.7 Å². The minimum Gasteiger partial charge on any atom is -0.508 e. The average Bonchev–Trinajstić information content (AvgIpc) is 2.74. The topological polar surface area (TPSA) is 43.8 Å². The van der Waals surface area contributed by atoms with E-state index in [0.29, 0.717) is 49.2 Å². The van der Waals surface area contributed by atoms with Gasteiger partial charge in [0.05, 0.1) is 12.6 Å². The van der Waals surface area contributed by atoms with E-state index in [1.54, 1.807) is 13.0 Å². The molecular weight excluding hydrogens is 424 g/mol. The van der Waals surface area contributed by atoms with Gasteiger partial charge in [0.25, 0.3) is 6.43 Å². The second-order valence-corrected chi connectivity index (χ2v) is 8.71. The van der Waals surface area contributed by atoms with Gasteiger partial charge in [-0.15, -0.1) is 0 Å². The van der Waals surface area contributed by atoms with Gasteiger partial charge in [-0.1, -0.05) is 6.07 Å². The molecule has 0 bridgehead atoms. The monoisotopic (exact) mass is 450 g/mol. The molecule has 0 aliphatic carbocycles. The predicted octanol–water partition coefficient (Wildman–Crippen LogP) is 4.69. The second kappa shape index (κ2) is 9.10. The molecule has 2 aliphatic rings. The zero-order valence-electron chi connectivity index (χ0n) is 17.8. The number of carbonyl (C=O) groups is 1. The van der Waals surface area contributed by atoms with Gasteiger partial charge >= 0.3 is 0 Å². The smallest absolute Gasteiger partial charge is 0.251 e. The highest BCUT2D eigenvalue weighted by Crippen LogP contribution is 2.42. The van der Waals surface area contributed by atoms with Crippen LogP contribution in [0, 0.1) is 17.6 Å². The van der Waals surface area contributed by atoms with Crippen LogP contribution in [-0.4, -0.2) is 48.4 Å². The van der Waals surface area contributed by atoms with E-state index < -0.39 is 36.7 Å². The second-order valence-electron chi connectivity index (χ2n) is 8.71. The molecule has 2 heterocycles. The van der Waals surface area contributed by atoms with E-state index in [2.05, 4.69) is 0 Å². The minimum atomic E-state index is -2.66. The number of hydrogen-bond donors (Lipinski definition) is 1. The number of phenolic OH excluding ortho intramolecular Hbond substituents is 1. The molecule has 1 N–H and O–H groups in total. The molecule has 1 saturated heterocycles. The quantitative estimate of drug-likeness (QED) is 0.531. The molecule has 0 aromatic heterocycles. The summed E-state index contributed by atoms with van der Waals surface area (Å²) < 4.78 is 57.6. The van der Waals surface area contributed by atoms with Crippen LogP contribution < -0.4 is 4.90 Å². The maximum absolute atomic E-state index is 15.4. The summed E-state index contributed by atoms with van der Waals surface area (Å²) in [6.07, 6.45) is -0.122. The van der Waals surface area contributed by atoms with E-state index in [-0.39, 0.29) is 17.2 Å². The van der Waals surface area contributed by atoms with E-state index in [9.17, 15) is 18.7 Å². The van der Waals surface area contributed by atoms with E-state index in [1.807, 2.05) is 4.90 Å². The Morgan fingerprint density at radius 1 is 1.12 bits per heavy atom. The number of hydrogen-bond acceptors (Lipinski definition) is 4. The number of fused-ring (bicyclic) bond motifs is 1. The van der Waals surface area contributed by atoms with Crippen LogP contribution in [0.5, 0.6) is 5.75 Å². The number of aldehydes is 1. The Morgan fingerprint density at radius 2 is 1.78 bits per heavy atom. The number of alkyl halides is 2. The Bertz CT molecular complexity index is 969. The Hall–Kier alpha value is -2.61. The molecule has 0 spiro atoms. The van der Waals surface area contributed by atoms with E-state index in [4.69, 9.17) is 0 Å². The van der Waals surface area contributed by atoms with Crippen molar-refractivity contribution in [2.45, 2.75) is 44.7 Å². The summed E-state index contributed by atoms with van der Waals surface area (Å²) in [7, 11) is 0. The van der Waals surface area contributed by atoms with Gasteiger partial charge in [0, 0.05) is 36.3 Å². The van der Waals surface area contributed by atoms with Crippen molar-refractivity contribution < 1.29 is 27.5 Å². The van der Waals surface area contributed by atoms with Gasteiger partial charge in [-0.25, -0.2) is 17.6 Å². The van der Waals surface area contributed by atoms with Crippen molar-refractivity contribution in [1.29, 1.82) is 0 Å². The Morgan fingerprint density at radius 3 is 2.38 bits per heavy atom. The third-order valence-corrected chi connectivity index (χ3v) is 6.62. The van der Waals surface area contributed by atoms with Crippen molar-refractivity contribution in [3.05, 3.63) is 58.7 Å². The van der Waals surface area contributed by atoms with Crippen LogP contribution in [0.1, 0.15) is 42.5 Å². The predicted molar refractivity (Wildman–Crippen MR) is 113 cm³/mol. The molecular formula is C24H26F4N2O2. The van der Waals surface area contributed by atoms with Gasteiger partial charge in [0.15, 0.2) is 0 Å². The maximum atomic E-state index is 15.4. The number of halogens is 4. The molecule has 2 aromatic rings. The molecule has 172 valence electrons. The van der Waals surface area contributed by atoms with Gasteiger partial charge in [-0.3, -0.25) is 4.90 Å². The van der Waals surface area contributed by atoms with E-state index >= 15 is 8.78 Å². The number of aromatic hydroxyl groups is 1. The number of piperidine rings is 1. The van der Waals surface area contributed by atoms with Gasteiger partial charge in [-0.2, -0.15) is 0 Å². The Labute approximate surface area is 184 Å². The summed E-state index contributed by atoms with van der Waals surface area (Å²) in [5, 5.41) is 9.86. The molecule has 2 aliphatic heterocycles. The van der Waals surface area contributed by atoms with Crippen molar-refractivity contribution >= 4 is 12.0 Å². The lowest BCUT2D eigenvalue weighted by atomic mass is 9.84. The fraction of sp³-hybridized carbons (Fsp3) is 0.458. The van der Waals surface area contributed by atoms with E-state index in [1.165, 1.54) is 29.2 Å². The van der Waals surface area contributed by atoms with Crippen LogP contribution in [0.2, 0.25) is 0 Å². The first-order valence-electron chi connectivity index (χ1n) is 10.8. The number of anilines is 1. The summed E-state index contributed by atoms with van der Waals surface area (Å²) in [5.41, 5.74) is 1.31. The first-order valence-corrected chi connectivity index (χ1v) is 10.8. The van der Waals surface area contributed by atoms with Crippen molar-refractivity contribution in [3.63, 3.8) is 0 Å². The van der Waals surface area contributed by atoms with Crippen LogP contribution in [0.4, 0.5) is 23.2 Å². The third kappa shape index (κ3) is 4.33. The molecule has 4 nitrogen and oxygen atoms in total. The maximum Gasteiger partial charge on any atom is 0.251 e. The fourth-order valence-electron chi connectivity index (χ4n) is 4.98. The van der Waals surface area contributed by atoms with Gasteiger partial charge in [-0.05, 0) is 61.6 Å². The van der Waals surface area contributed by atoms with Gasteiger partial charge in [0.2, 0.25) is 0 Å². The third-order valence-electron chi connectivity index (χ3n) is 6.62. The summed E-state index contributed by atoms with van der Waals surface area (Å²) >= 11 is 0. The zero-order chi connectivity index (χ0) is 23.0. The first-order chi connectivity index (χ1) is 15.3. The molecule has 1 fully saturated rings. The largest absolute Gasteiger partial charge is 0.508 e. The van der Waals surface area contributed by atoms with Crippen LogP contribution >= 0.6 is 0 Å². The summed E-state index contributed by atoms with van der Waals surface area (Å²) in [6.45, 7) is 2.15. The highest BCUT2D eigenvalue weighted by Gasteiger charge is 2.38. The Kier molecular flexibility index (Phi) is 6.42. The molecule has 0 unspecified atom stereocenters. The molecule has 2 aromatic carbocycles. The van der Waals surface area contributed by atoms with E-state index in [0.717, 1.165) is 6.29 Å². The highest BCUT2D eigenvalue weighted by molar-refractivity contribution is 5.56. The molecule has 0 radical (unpaired) electrons. The molecule has 8 heteroatoms. The van der Waals surface area contributed by atoms with Crippen LogP contribution in [0.3, 0.4) is 0 Å². The highest BCUT2D eigenvalue weighted by atomic mass is 19.3. The average molecular weight is 450 g/mol. The summed E-state index contributed by atoms with van der Waals surface area (Å²) in [4.78, 5) is 14.2. The lowest BCUT2D eigenvalue weighted by Crippen LogP contribution is -2.45. The molecule has 0 saturated carbocycles. The number of nitrogens with zero attached hydrogens (tertiary/aromatic N) is 2. The summed E-state index contributed by atoms with van der Waals surface area (Å²) in [6, 6.07) is 5.56. The van der Waals surface area contributed by atoms with Crippen molar-refractivity contribution in [2.75, 3.05) is 24.5 Å². The molecule has 4 rings (SSSR count). The number of carbonyl (C=O) groups excluding carboxylic acids is 1. The van der Waals surface area contributed by atoms with Crippen molar-refractivity contribution in [3.8, 4) is 5.75 Å². The summed E-state index contributed by atoms with van der Waals surface area (Å²) in [5.74, 6) is -1.61. The SMILES string of the molecule is C[C@@H]1Cc2cc(O)ccc2[C@@H](c2c(F)cc(N3CCC(C=O)CC3)cc2F)N1CC(F)F. The number of phenols is 1. The molecule has 32 heavy (non-hydrogen) atoms. The number of benzene rings is 2. The lowest BCUT2D eigenvalue weighted by molar-refractivity contribution is -0.111. The van der Waals surface area contributed by atoms with Gasteiger partial charge < -0.3 is 14.8 Å². The molecule has 0 amide bonds. The normalized spacial score (nSPS) is 22.2. The van der Waals surface area contributed by atoms with Crippen molar-refractivity contribution in [1.82, 2.24) is 4.90 Å². The lowest BCUT2D eigenvalue weighted by Gasteiger charge is -2.42. The van der Waals surface area contributed by atoms with Crippen LogP contribution in [0.15, 0.2) is 30.3 Å².